The minimum absolute atomic E-state index is 0.0596. The van der Waals surface area contributed by atoms with Crippen molar-refractivity contribution >= 4 is 11.7 Å². The van der Waals surface area contributed by atoms with Crippen LogP contribution in [0.25, 0.3) is 0 Å². The quantitative estimate of drug-likeness (QED) is 0.789. The van der Waals surface area contributed by atoms with Gasteiger partial charge in [0.2, 0.25) is 5.88 Å². The molecule has 0 N–H and O–H groups in total. The fraction of sp³-hybridized carbons (Fsp3) is 0.688. The third-order valence-corrected chi connectivity index (χ3v) is 5.11. The zero-order chi connectivity index (χ0) is 16.5. The second-order valence-corrected chi connectivity index (χ2v) is 6.52. The lowest BCUT2D eigenvalue weighted by Crippen LogP contribution is -2.45. The van der Waals surface area contributed by atoms with Crippen LogP contribution in [0.3, 0.4) is 0 Å². The molecule has 8 heteroatoms. The Kier molecular flexibility index (Phi) is 4.24. The van der Waals surface area contributed by atoms with Gasteiger partial charge < -0.3 is 14.4 Å². The molecule has 0 aliphatic carbocycles. The number of hydrogen-bond acceptors (Lipinski definition) is 7. The highest BCUT2D eigenvalue weighted by Gasteiger charge is 2.46. The van der Waals surface area contributed by atoms with Crippen molar-refractivity contribution in [2.24, 2.45) is 17.8 Å². The molecule has 0 radical (unpaired) electrons. The van der Waals surface area contributed by atoms with E-state index in [0.29, 0.717) is 38.2 Å². The number of carbonyl (C=O) groups excluding carboxylic acids is 1. The Morgan fingerprint density at radius 1 is 1.33 bits per heavy atom. The Hall–Kier alpha value is -1.93. The van der Waals surface area contributed by atoms with Gasteiger partial charge in [0.1, 0.15) is 12.1 Å². The Morgan fingerprint density at radius 3 is 3.04 bits per heavy atom. The summed E-state index contributed by atoms with van der Waals surface area (Å²) >= 11 is 0. The average molecular weight is 334 g/mol. The number of ether oxygens (including phenoxy) is 2. The van der Waals surface area contributed by atoms with Gasteiger partial charge in [0, 0.05) is 25.1 Å². The number of fused-ring (bicyclic) bond motifs is 1. The number of nitrogens with zero attached hydrogens (tertiary/aromatic N) is 4. The van der Waals surface area contributed by atoms with Gasteiger partial charge in [-0.25, -0.2) is 15.0 Å². The third-order valence-electron chi connectivity index (χ3n) is 5.11. The summed E-state index contributed by atoms with van der Waals surface area (Å²) in [6.45, 7) is 4.09. The second-order valence-electron chi connectivity index (χ2n) is 6.52. The zero-order valence-corrected chi connectivity index (χ0v) is 13.8. The van der Waals surface area contributed by atoms with Crippen LogP contribution in [-0.2, 0) is 14.4 Å². The molecule has 3 fully saturated rings. The molecule has 0 bridgehead atoms. The van der Waals surface area contributed by atoms with Crippen LogP contribution in [0.5, 0.6) is 5.88 Å². The van der Waals surface area contributed by atoms with Crippen molar-refractivity contribution in [2.45, 2.75) is 6.42 Å². The lowest BCUT2D eigenvalue weighted by atomic mass is 9.82. The first-order chi connectivity index (χ1) is 11.8. The van der Waals surface area contributed by atoms with E-state index in [4.69, 9.17) is 14.3 Å². The lowest BCUT2D eigenvalue weighted by molar-refractivity contribution is -0.181. The van der Waals surface area contributed by atoms with Crippen molar-refractivity contribution in [3.05, 3.63) is 12.4 Å². The molecule has 0 unspecified atom stereocenters. The van der Waals surface area contributed by atoms with Gasteiger partial charge in [0.15, 0.2) is 0 Å². The summed E-state index contributed by atoms with van der Waals surface area (Å²) in [4.78, 5) is 28.8. The summed E-state index contributed by atoms with van der Waals surface area (Å²) in [7, 11) is 1.59. The summed E-state index contributed by atoms with van der Waals surface area (Å²) in [5.74, 6) is 1.89. The topological polar surface area (TPSA) is 77.0 Å². The maximum Gasteiger partial charge on any atom is 0.251 e. The summed E-state index contributed by atoms with van der Waals surface area (Å²) < 4.78 is 10.9. The van der Waals surface area contributed by atoms with Crippen molar-refractivity contribution in [1.82, 2.24) is 15.0 Å². The number of aromatic nitrogens is 2. The summed E-state index contributed by atoms with van der Waals surface area (Å²) in [5.41, 5.74) is 0. The van der Waals surface area contributed by atoms with Gasteiger partial charge in [0.25, 0.3) is 5.91 Å². The standard InChI is InChI=1S/C16H22N4O4/c1-22-15-5-14(17-10-18-15)19-6-11-8-23-9-13(12(11)7-19)16(21)20-3-2-4-24-20/h5,10-13H,2-4,6-9H2,1H3/t11-,12-,13+/m1/s1. The molecule has 3 atom stereocenters. The lowest BCUT2D eigenvalue weighted by Gasteiger charge is -2.33. The number of hydrogen-bond donors (Lipinski definition) is 0. The van der Waals surface area contributed by atoms with Crippen molar-refractivity contribution in [3.8, 4) is 5.88 Å². The average Bonchev–Trinajstić information content (AvgIpc) is 3.30. The molecule has 4 rings (SSSR count). The molecule has 1 amide bonds. The van der Waals surface area contributed by atoms with Crippen molar-refractivity contribution in [3.63, 3.8) is 0 Å². The molecule has 1 aromatic rings. The van der Waals surface area contributed by atoms with Crippen LogP contribution in [0.15, 0.2) is 12.4 Å². The molecule has 130 valence electrons. The molecule has 8 nitrogen and oxygen atoms in total. The van der Waals surface area contributed by atoms with E-state index < -0.39 is 0 Å². The number of amides is 1. The molecule has 1 aromatic heterocycles. The number of hydroxylamine groups is 2. The Bertz CT molecular complexity index is 607. The third kappa shape index (κ3) is 2.80. The van der Waals surface area contributed by atoms with E-state index in [2.05, 4.69) is 14.9 Å². The highest BCUT2D eigenvalue weighted by atomic mass is 16.7. The fourth-order valence-electron chi connectivity index (χ4n) is 3.86. The molecule has 0 saturated carbocycles. The fourth-order valence-corrected chi connectivity index (χ4v) is 3.86. The molecule has 3 saturated heterocycles. The van der Waals surface area contributed by atoms with Crippen LogP contribution < -0.4 is 9.64 Å². The van der Waals surface area contributed by atoms with Crippen LogP contribution >= 0.6 is 0 Å². The predicted octanol–water partition coefficient (Wildman–Crippen LogP) is 0.348. The minimum atomic E-state index is -0.143. The van der Waals surface area contributed by atoms with E-state index in [0.717, 1.165) is 25.3 Å². The van der Waals surface area contributed by atoms with E-state index in [9.17, 15) is 4.79 Å². The molecule has 0 aromatic carbocycles. The van der Waals surface area contributed by atoms with E-state index >= 15 is 0 Å². The second kappa shape index (κ2) is 6.52. The van der Waals surface area contributed by atoms with Crippen LogP contribution in [0, 0.1) is 17.8 Å². The first-order valence-corrected chi connectivity index (χ1v) is 8.39. The zero-order valence-electron chi connectivity index (χ0n) is 13.8. The predicted molar refractivity (Wildman–Crippen MR) is 84.4 cm³/mol. The molecule has 3 aliphatic heterocycles. The van der Waals surface area contributed by atoms with Gasteiger partial charge >= 0.3 is 0 Å². The molecular weight excluding hydrogens is 312 g/mol. The first-order valence-electron chi connectivity index (χ1n) is 8.39. The smallest absolute Gasteiger partial charge is 0.251 e. The maximum atomic E-state index is 12.7. The number of anilines is 1. The highest BCUT2D eigenvalue weighted by molar-refractivity contribution is 5.79. The van der Waals surface area contributed by atoms with Crippen LogP contribution in [-0.4, -0.2) is 67.5 Å². The van der Waals surface area contributed by atoms with Gasteiger partial charge in [-0.05, 0) is 12.3 Å². The summed E-state index contributed by atoms with van der Waals surface area (Å²) in [5, 5.41) is 1.52. The van der Waals surface area contributed by atoms with E-state index in [1.807, 2.05) is 6.07 Å². The number of carbonyl (C=O) groups is 1. The first kappa shape index (κ1) is 15.6. The maximum absolute atomic E-state index is 12.7. The van der Waals surface area contributed by atoms with Gasteiger partial charge in [-0.1, -0.05) is 0 Å². The molecule has 3 aliphatic rings. The SMILES string of the molecule is COc1cc(N2C[C@@H]3COC[C@H](C(=O)N4CCCO4)[C@@H]3C2)ncn1. The van der Waals surface area contributed by atoms with Crippen molar-refractivity contribution in [2.75, 3.05) is 51.5 Å². The van der Waals surface area contributed by atoms with Crippen LogP contribution in [0.2, 0.25) is 0 Å². The highest BCUT2D eigenvalue weighted by Crippen LogP contribution is 2.37. The van der Waals surface area contributed by atoms with E-state index in [1.54, 1.807) is 7.11 Å². The molecule has 24 heavy (non-hydrogen) atoms. The number of methoxy groups -OCH3 is 1. The Labute approximate surface area is 140 Å². The monoisotopic (exact) mass is 334 g/mol. The Morgan fingerprint density at radius 2 is 2.25 bits per heavy atom. The van der Waals surface area contributed by atoms with E-state index in [1.165, 1.54) is 11.4 Å². The number of rotatable bonds is 3. The molecular formula is C16H22N4O4. The van der Waals surface area contributed by atoms with Crippen LogP contribution in [0.4, 0.5) is 5.82 Å². The van der Waals surface area contributed by atoms with Crippen molar-refractivity contribution < 1.29 is 19.1 Å². The largest absolute Gasteiger partial charge is 0.481 e. The normalized spacial score (nSPS) is 29.6. The molecule has 0 spiro atoms. The minimum Gasteiger partial charge on any atom is -0.481 e. The molecule has 4 heterocycles. The van der Waals surface area contributed by atoms with Gasteiger partial charge in [-0.15, -0.1) is 0 Å². The summed E-state index contributed by atoms with van der Waals surface area (Å²) in [6.07, 6.45) is 2.41. The van der Waals surface area contributed by atoms with Crippen LogP contribution in [0.1, 0.15) is 6.42 Å². The summed E-state index contributed by atoms with van der Waals surface area (Å²) in [6, 6.07) is 1.83. The Balaban J connectivity index is 1.50. The van der Waals surface area contributed by atoms with Gasteiger partial charge in [-0.3, -0.25) is 9.63 Å². The van der Waals surface area contributed by atoms with Gasteiger partial charge in [-0.2, -0.15) is 0 Å². The van der Waals surface area contributed by atoms with E-state index in [-0.39, 0.29) is 17.7 Å². The van der Waals surface area contributed by atoms with Crippen molar-refractivity contribution in [1.29, 1.82) is 0 Å². The van der Waals surface area contributed by atoms with Gasteiger partial charge in [0.05, 0.1) is 39.4 Å².